The van der Waals surface area contributed by atoms with E-state index in [1.165, 1.54) is 0 Å². The van der Waals surface area contributed by atoms with E-state index in [1.54, 1.807) is 0 Å². The van der Waals surface area contributed by atoms with Crippen molar-refractivity contribution in [3.05, 3.63) is 0 Å². The second kappa shape index (κ2) is 5.07. The monoisotopic (exact) mass is 328 g/mol. The number of rotatable bonds is 0. The topological polar surface area (TPSA) is 61.2 Å². The minimum atomic E-state index is -0.277. The molecule has 4 heteroatoms. The Morgan fingerprint density at radius 1 is 1.17 bits per heavy atom. The predicted octanol–water partition coefficient (Wildman–Crippen LogP) is 3.17. The Labute approximate surface area is 144 Å². The third-order valence-corrected chi connectivity index (χ3v) is 8.45. The predicted molar refractivity (Wildman–Crippen MR) is 89.7 cm³/mol. The molecule has 1 amide bonds. The molecule has 0 bridgehead atoms. The van der Waals surface area contributed by atoms with Crippen molar-refractivity contribution in [1.29, 1.82) is 5.26 Å². The smallest absolute Gasteiger partial charge is 0.222 e. The SMILES string of the molecule is CN1C(=O)CC[C@@]2(C)C1CC[C@@H]1[C@H]2CC[C@]2(C)C(=O)CC(C#N)[C@@H]12. The van der Waals surface area contributed by atoms with Gasteiger partial charge in [0.2, 0.25) is 5.91 Å². The minimum Gasteiger partial charge on any atom is -0.342 e. The molecule has 2 unspecified atom stereocenters. The number of hydrogen-bond acceptors (Lipinski definition) is 3. The highest BCUT2D eigenvalue weighted by molar-refractivity contribution is 5.88. The molecular formula is C20H28N2O2. The van der Waals surface area contributed by atoms with Crippen molar-refractivity contribution in [2.45, 2.75) is 64.8 Å². The molecule has 1 saturated heterocycles. The quantitative estimate of drug-likeness (QED) is 0.686. The van der Waals surface area contributed by atoms with Gasteiger partial charge in [0.05, 0.1) is 12.0 Å². The van der Waals surface area contributed by atoms with Gasteiger partial charge in [0.1, 0.15) is 5.78 Å². The van der Waals surface area contributed by atoms with Crippen LogP contribution in [0.25, 0.3) is 0 Å². The Kier molecular flexibility index (Phi) is 3.40. The molecule has 0 aromatic rings. The fourth-order valence-electron chi connectivity index (χ4n) is 7.15. The fraction of sp³-hybridized carbons (Fsp3) is 0.850. The van der Waals surface area contributed by atoms with Crippen LogP contribution in [0.5, 0.6) is 0 Å². The Morgan fingerprint density at radius 3 is 2.62 bits per heavy atom. The number of ketones is 1. The van der Waals surface area contributed by atoms with Gasteiger partial charge in [-0.1, -0.05) is 13.8 Å². The molecule has 0 spiro atoms. The molecule has 0 aromatic carbocycles. The van der Waals surface area contributed by atoms with Crippen LogP contribution < -0.4 is 0 Å². The maximum absolute atomic E-state index is 12.6. The highest BCUT2D eigenvalue weighted by Gasteiger charge is 2.63. The number of carbonyl (C=O) groups is 2. The van der Waals surface area contributed by atoms with E-state index in [4.69, 9.17) is 0 Å². The number of fused-ring (bicyclic) bond motifs is 5. The van der Waals surface area contributed by atoms with Gasteiger partial charge in [0.15, 0.2) is 0 Å². The number of nitriles is 1. The van der Waals surface area contributed by atoms with Gasteiger partial charge in [-0.25, -0.2) is 0 Å². The van der Waals surface area contributed by atoms with E-state index in [9.17, 15) is 14.9 Å². The van der Waals surface area contributed by atoms with E-state index in [2.05, 4.69) is 19.9 Å². The van der Waals surface area contributed by atoms with Crippen molar-refractivity contribution in [3.8, 4) is 6.07 Å². The zero-order valence-corrected chi connectivity index (χ0v) is 15.0. The van der Waals surface area contributed by atoms with E-state index in [1.807, 2.05) is 11.9 Å². The van der Waals surface area contributed by atoms with Crippen LogP contribution in [0.15, 0.2) is 0 Å². The summed E-state index contributed by atoms with van der Waals surface area (Å²) in [5.41, 5.74) is -0.125. The normalized spacial score (nSPS) is 50.8. The lowest BCUT2D eigenvalue weighted by molar-refractivity contribution is -0.159. The summed E-state index contributed by atoms with van der Waals surface area (Å²) in [7, 11) is 1.97. The van der Waals surface area contributed by atoms with Gasteiger partial charge in [-0.3, -0.25) is 9.59 Å². The molecular weight excluding hydrogens is 300 g/mol. The first-order chi connectivity index (χ1) is 11.3. The molecule has 4 aliphatic rings. The van der Waals surface area contributed by atoms with Crippen LogP contribution in [-0.2, 0) is 9.59 Å². The van der Waals surface area contributed by atoms with Crippen LogP contribution in [-0.4, -0.2) is 29.7 Å². The number of amides is 1. The van der Waals surface area contributed by atoms with Gasteiger partial charge < -0.3 is 4.90 Å². The standard InChI is InChI=1S/C20H28N2O2/c1-19-9-7-17(24)22(3)15(19)5-4-13-14(19)6-8-20(2)16(23)10-12(11-21)18(13)20/h12-15,18H,4-10H2,1-3H3/t12?,13-,14-,15?,18+,19-,20-/m1/s1. The van der Waals surface area contributed by atoms with Crippen LogP contribution in [0.2, 0.25) is 0 Å². The van der Waals surface area contributed by atoms with E-state index < -0.39 is 0 Å². The molecule has 0 N–H and O–H groups in total. The number of piperidine rings is 1. The van der Waals surface area contributed by atoms with Crippen LogP contribution in [0, 0.1) is 45.8 Å². The summed E-state index contributed by atoms with van der Waals surface area (Å²) in [6.45, 7) is 4.50. The highest BCUT2D eigenvalue weighted by Crippen LogP contribution is 2.64. The number of hydrogen-bond donors (Lipinski definition) is 0. The van der Waals surface area contributed by atoms with Gasteiger partial charge in [0, 0.05) is 31.3 Å². The number of nitrogens with zero attached hydrogens (tertiary/aromatic N) is 2. The van der Waals surface area contributed by atoms with Crippen LogP contribution in [0.1, 0.15) is 58.8 Å². The summed E-state index contributed by atoms with van der Waals surface area (Å²) < 4.78 is 0. The maximum atomic E-state index is 12.6. The van der Waals surface area contributed by atoms with E-state index >= 15 is 0 Å². The lowest BCUT2D eigenvalue weighted by Crippen LogP contribution is -2.61. The molecule has 0 aromatic heterocycles. The lowest BCUT2D eigenvalue weighted by atomic mass is 9.47. The summed E-state index contributed by atoms with van der Waals surface area (Å²) in [5.74, 6) is 1.76. The van der Waals surface area contributed by atoms with Crippen molar-refractivity contribution in [2.75, 3.05) is 7.05 Å². The molecule has 1 aliphatic heterocycles. The van der Waals surface area contributed by atoms with Gasteiger partial charge in [-0.2, -0.15) is 5.26 Å². The minimum absolute atomic E-state index is 0.0987. The first kappa shape index (κ1) is 16.1. The molecule has 4 fully saturated rings. The number of carbonyl (C=O) groups excluding carboxylic acids is 2. The Morgan fingerprint density at radius 2 is 1.92 bits per heavy atom. The summed E-state index contributed by atoms with van der Waals surface area (Å²) >= 11 is 0. The second-order valence-corrected chi connectivity index (χ2v) is 9.22. The van der Waals surface area contributed by atoms with Gasteiger partial charge in [0.25, 0.3) is 0 Å². The molecule has 4 rings (SSSR count). The first-order valence-corrected chi connectivity index (χ1v) is 9.51. The summed E-state index contributed by atoms with van der Waals surface area (Å²) in [6.07, 6.45) is 6.17. The molecule has 1 heterocycles. The van der Waals surface area contributed by atoms with Gasteiger partial charge in [-0.15, -0.1) is 0 Å². The zero-order valence-electron chi connectivity index (χ0n) is 15.0. The average Bonchev–Trinajstić information content (AvgIpc) is 2.82. The summed E-state index contributed by atoms with van der Waals surface area (Å²) in [4.78, 5) is 26.8. The summed E-state index contributed by atoms with van der Waals surface area (Å²) in [5, 5.41) is 9.65. The maximum Gasteiger partial charge on any atom is 0.222 e. The van der Waals surface area contributed by atoms with Crippen LogP contribution in [0.3, 0.4) is 0 Å². The lowest BCUT2D eigenvalue weighted by Gasteiger charge is -2.61. The summed E-state index contributed by atoms with van der Waals surface area (Å²) in [6, 6.07) is 2.80. The molecule has 130 valence electrons. The van der Waals surface area contributed by atoms with E-state index in [0.717, 1.165) is 32.1 Å². The first-order valence-electron chi connectivity index (χ1n) is 9.51. The molecule has 24 heavy (non-hydrogen) atoms. The average molecular weight is 328 g/mol. The Hall–Kier alpha value is -1.37. The largest absolute Gasteiger partial charge is 0.342 e. The number of Topliss-reactive ketones (excluding diaryl/α,β-unsaturated/α-hetero) is 1. The molecule has 7 atom stereocenters. The van der Waals surface area contributed by atoms with Crippen molar-refractivity contribution >= 4 is 11.7 Å². The molecule has 0 radical (unpaired) electrons. The molecule has 3 saturated carbocycles. The molecule has 3 aliphatic carbocycles. The van der Waals surface area contributed by atoms with Crippen molar-refractivity contribution in [3.63, 3.8) is 0 Å². The zero-order chi connectivity index (χ0) is 17.3. The van der Waals surface area contributed by atoms with Crippen molar-refractivity contribution in [1.82, 2.24) is 4.90 Å². The van der Waals surface area contributed by atoms with Gasteiger partial charge in [-0.05, 0) is 55.3 Å². The Bertz CT molecular complexity index is 638. The highest BCUT2D eigenvalue weighted by atomic mass is 16.2. The second-order valence-electron chi connectivity index (χ2n) is 9.22. The van der Waals surface area contributed by atoms with E-state index in [-0.39, 0.29) is 28.6 Å². The van der Waals surface area contributed by atoms with Crippen LogP contribution >= 0.6 is 0 Å². The Balaban J connectivity index is 1.71. The third-order valence-electron chi connectivity index (χ3n) is 8.45. The van der Waals surface area contributed by atoms with Crippen molar-refractivity contribution < 1.29 is 9.59 Å². The van der Waals surface area contributed by atoms with Crippen molar-refractivity contribution in [2.24, 2.45) is 34.5 Å². The van der Waals surface area contributed by atoms with Gasteiger partial charge >= 0.3 is 0 Å². The number of likely N-dealkylation sites (tertiary alicyclic amines) is 1. The third kappa shape index (κ3) is 1.85. The van der Waals surface area contributed by atoms with Crippen LogP contribution in [0.4, 0.5) is 0 Å². The van der Waals surface area contributed by atoms with E-state index in [0.29, 0.717) is 36.5 Å². The fourth-order valence-corrected chi connectivity index (χ4v) is 7.15. The molecule has 4 nitrogen and oxygen atoms in total.